The molecule has 8 atom stereocenters. The van der Waals surface area contributed by atoms with E-state index in [1.54, 1.807) is 40.7 Å². The van der Waals surface area contributed by atoms with Crippen LogP contribution in [-0.4, -0.2) is 65.8 Å². The number of ether oxygens (including phenoxy) is 5. The second-order valence-electron chi connectivity index (χ2n) is 11.5. The molecule has 0 unspecified atom stereocenters. The molecule has 1 N–H and O–H groups in total. The van der Waals surface area contributed by atoms with E-state index in [2.05, 4.69) is 0 Å². The molecule has 4 fully saturated rings. The maximum absolute atomic E-state index is 13.9. The maximum Gasteiger partial charge on any atom is 0.508 e. The molecule has 1 saturated carbocycles. The molecule has 0 aromatic heterocycles. The highest BCUT2D eigenvalue weighted by atomic mass is 16.7. The maximum atomic E-state index is 13.9. The summed E-state index contributed by atoms with van der Waals surface area (Å²) in [4.78, 5) is 52.2. The van der Waals surface area contributed by atoms with Crippen LogP contribution in [0, 0.1) is 22.7 Å². The largest absolute Gasteiger partial charge is 0.508 e. The number of carbonyl (C=O) groups excluding carboxylic acids is 4. The SMILES string of the molecule is COC(=O)O[C@@H]1C=C2C(=C(C)[C@@H]3C[C@@]4(C)C(=O)O[C@H]5O[C@@H](C)C(=O)[C@H]([C@]13C)[C@]54O)CC(=O)OC2(C)C. The highest BCUT2D eigenvalue weighted by molar-refractivity contribution is 5.93. The van der Waals surface area contributed by atoms with Gasteiger partial charge in [0.2, 0.25) is 6.29 Å². The summed E-state index contributed by atoms with van der Waals surface area (Å²) < 4.78 is 27.5. The Balaban J connectivity index is 1.82. The lowest BCUT2D eigenvalue weighted by atomic mass is 9.43. The van der Waals surface area contributed by atoms with Gasteiger partial charge in [0.1, 0.15) is 23.2 Å². The summed E-state index contributed by atoms with van der Waals surface area (Å²) >= 11 is 0. The molecule has 36 heavy (non-hydrogen) atoms. The third-order valence-corrected chi connectivity index (χ3v) is 9.33. The van der Waals surface area contributed by atoms with Crippen molar-refractivity contribution in [2.45, 2.75) is 84.1 Å². The van der Waals surface area contributed by atoms with Crippen molar-refractivity contribution in [2.24, 2.45) is 22.7 Å². The van der Waals surface area contributed by atoms with E-state index in [-0.39, 0.29) is 12.8 Å². The minimum Gasteiger partial charge on any atom is -0.455 e. The molecule has 5 aliphatic rings. The summed E-state index contributed by atoms with van der Waals surface area (Å²) in [5.74, 6) is -3.23. The lowest BCUT2D eigenvalue weighted by Gasteiger charge is -2.61. The average Bonchev–Trinajstić information content (AvgIpc) is 2.92. The molecule has 0 amide bonds. The van der Waals surface area contributed by atoms with E-state index in [9.17, 15) is 24.3 Å². The predicted molar refractivity (Wildman–Crippen MR) is 121 cm³/mol. The quantitative estimate of drug-likeness (QED) is 0.419. The fourth-order valence-corrected chi connectivity index (χ4v) is 7.36. The van der Waals surface area contributed by atoms with Crippen molar-refractivity contribution in [3.63, 3.8) is 0 Å². The van der Waals surface area contributed by atoms with Crippen LogP contribution in [0.3, 0.4) is 0 Å². The van der Waals surface area contributed by atoms with Gasteiger partial charge < -0.3 is 28.8 Å². The van der Waals surface area contributed by atoms with Crippen molar-refractivity contribution in [1.29, 1.82) is 0 Å². The molecular formula is C26H32O10. The number of allylic oxidation sites excluding steroid dienone is 1. The first-order valence-electron chi connectivity index (χ1n) is 12.1. The number of Topliss-reactive ketones (excluding diaryl/α,β-unsaturated/α-hetero) is 1. The summed E-state index contributed by atoms with van der Waals surface area (Å²) in [6, 6.07) is 0. The van der Waals surface area contributed by atoms with Crippen molar-refractivity contribution in [3.05, 3.63) is 22.8 Å². The van der Waals surface area contributed by atoms with Gasteiger partial charge >= 0.3 is 18.1 Å². The number of ketones is 1. The van der Waals surface area contributed by atoms with Gasteiger partial charge in [-0.3, -0.25) is 14.4 Å². The molecule has 0 bridgehead atoms. The van der Waals surface area contributed by atoms with Gasteiger partial charge in [0.15, 0.2) is 11.4 Å². The van der Waals surface area contributed by atoms with Crippen molar-refractivity contribution in [3.8, 4) is 0 Å². The summed E-state index contributed by atoms with van der Waals surface area (Å²) in [6.45, 7) is 10.3. The third kappa shape index (κ3) is 2.85. The second-order valence-corrected chi connectivity index (χ2v) is 11.5. The van der Waals surface area contributed by atoms with Gasteiger partial charge in [-0.15, -0.1) is 0 Å². The molecule has 0 spiro atoms. The Bertz CT molecular complexity index is 1150. The van der Waals surface area contributed by atoms with Crippen LogP contribution in [0.5, 0.6) is 0 Å². The van der Waals surface area contributed by atoms with Crippen LogP contribution < -0.4 is 0 Å². The average molecular weight is 505 g/mol. The minimum atomic E-state index is -2.00. The Labute approximate surface area is 208 Å². The number of esters is 2. The molecule has 0 radical (unpaired) electrons. The standard InChI is InChI=1S/C26H32O10/c1-11-13-8-17(27)36-23(3,4)14(13)9-16(34-22(30)32-7)25(6)15(11)10-24(5)20(29)35-21-26(24,31)19(25)18(28)12(2)33-21/h9,12,15-16,19,21,31H,8,10H2,1-7H3/t12-,15-,16+,19+,21+,24-,25-,26-/m0/s1. The Morgan fingerprint density at radius 1 is 1.17 bits per heavy atom. The topological polar surface area (TPSA) is 135 Å². The number of hydrogen-bond acceptors (Lipinski definition) is 10. The van der Waals surface area contributed by atoms with Crippen molar-refractivity contribution >= 4 is 23.9 Å². The van der Waals surface area contributed by atoms with Crippen molar-refractivity contribution in [2.75, 3.05) is 7.11 Å². The van der Waals surface area contributed by atoms with Crippen LogP contribution >= 0.6 is 0 Å². The van der Waals surface area contributed by atoms with Crippen LogP contribution in [0.15, 0.2) is 22.8 Å². The summed E-state index contributed by atoms with van der Waals surface area (Å²) in [7, 11) is 1.18. The zero-order chi connectivity index (χ0) is 26.6. The predicted octanol–water partition coefficient (Wildman–Crippen LogP) is 2.37. The third-order valence-electron chi connectivity index (χ3n) is 9.33. The molecular weight excluding hydrogens is 472 g/mol. The fraction of sp³-hybridized carbons (Fsp3) is 0.692. The normalized spacial score (nSPS) is 44.8. The van der Waals surface area contributed by atoms with E-state index in [1.807, 2.05) is 6.92 Å². The van der Waals surface area contributed by atoms with Crippen LogP contribution in [0.4, 0.5) is 4.79 Å². The molecule has 196 valence electrons. The lowest BCUT2D eigenvalue weighted by molar-refractivity contribution is -0.294. The smallest absolute Gasteiger partial charge is 0.455 e. The minimum absolute atomic E-state index is 0.00913. The van der Waals surface area contributed by atoms with E-state index in [1.165, 1.54) is 7.11 Å². The lowest BCUT2D eigenvalue weighted by Crippen LogP contribution is -2.74. The monoisotopic (exact) mass is 504 g/mol. The zero-order valence-electron chi connectivity index (χ0n) is 21.5. The molecule has 3 heterocycles. The number of rotatable bonds is 1. The number of aliphatic hydroxyl groups is 1. The molecule has 5 rings (SSSR count). The highest BCUT2D eigenvalue weighted by Crippen LogP contribution is 2.68. The molecule has 3 aliphatic heterocycles. The molecule has 10 nitrogen and oxygen atoms in total. The van der Waals surface area contributed by atoms with Gasteiger partial charge in [0.05, 0.1) is 19.4 Å². The Hall–Kier alpha value is -2.72. The highest BCUT2D eigenvalue weighted by Gasteiger charge is 2.80. The number of cyclic esters (lactones) is 1. The summed E-state index contributed by atoms with van der Waals surface area (Å²) in [5.41, 5.74) is -3.63. The van der Waals surface area contributed by atoms with Gasteiger partial charge in [-0.2, -0.15) is 0 Å². The van der Waals surface area contributed by atoms with Gasteiger partial charge in [0, 0.05) is 5.41 Å². The van der Waals surface area contributed by atoms with E-state index >= 15 is 0 Å². The van der Waals surface area contributed by atoms with Crippen LogP contribution in [0.2, 0.25) is 0 Å². The van der Waals surface area contributed by atoms with E-state index in [4.69, 9.17) is 23.7 Å². The number of fused-ring (bicyclic) bond motifs is 3. The van der Waals surface area contributed by atoms with Crippen LogP contribution in [-0.2, 0) is 38.1 Å². The molecule has 0 aromatic rings. The first-order valence-corrected chi connectivity index (χ1v) is 12.1. The van der Waals surface area contributed by atoms with Gasteiger partial charge in [-0.25, -0.2) is 4.79 Å². The van der Waals surface area contributed by atoms with E-state index in [0.717, 1.165) is 5.57 Å². The van der Waals surface area contributed by atoms with E-state index < -0.39 is 76.2 Å². The van der Waals surface area contributed by atoms with Gasteiger partial charge in [0.25, 0.3) is 0 Å². The van der Waals surface area contributed by atoms with Crippen molar-refractivity contribution < 1.29 is 48.0 Å². The Morgan fingerprint density at radius 2 is 1.83 bits per heavy atom. The molecule has 0 aromatic carbocycles. The van der Waals surface area contributed by atoms with Crippen molar-refractivity contribution in [1.82, 2.24) is 0 Å². The first kappa shape index (κ1) is 25.0. The molecule has 10 heteroatoms. The second kappa shape index (κ2) is 7.41. The Kier molecular flexibility index (Phi) is 5.14. The van der Waals surface area contributed by atoms with E-state index in [0.29, 0.717) is 11.1 Å². The van der Waals surface area contributed by atoms with Crippen LogP contribution in [0.1, 0.15) is 54.4 Å². The fourth-order valence-electron chi connectivity index (χ4n) is 7.36. The van der Waals surface area contributed by atoms with Crippen LogP contribution in [0.25, 0.3) is 0 Å². The first-order chi connectivity index (χ1) is 16.6. The van der Waals surface area contributed by atoms with Gasteiger partial charge in [-0.05, 0) is 64.2 Å². The molecule has 3 saturated heterocycles. The van der Waals surface area contributed by atoms with Gasteiger partial charge in [-0.1, -0.05) is 12.5 Å². The number of methoxy groups -OCH3 is 1. The Morgan fingerprint density at radius 3 is 2.47 bits per heavy atom. The summed E-state index contributed by atoms with van der Waals surface area (Å²) in [5, 5.41) is 12.2. The number of carbonyl (C=O) groups is 4. The molecule has 2 aliphatic carbocycles. The zero-order valence-corrected chi connectivity index (χ0v) is 21.5. The number of hydrogen-bond donors (Lipinski definition) is 1. The summed E-state index contributed by atoms with van der Waals surface area (Å²) in [6.07, 6.45) is -2.58.